The minimum atomic E-state index is 0.00676. The zero-order chi connectivity index (χ0) is 17.2. The quantitative estimate of drug-likeness (QED) is 0.677. The number of hydrogen-bond acceptors (Lipinski definition) is 3. The van der Waals surface area contributed by atoms with E-state index in [0.717, 1.165) is 22.8 Å². The van der Waals surface area contributed by atoms with E-state index >= 15 is 0 Å². The van der Waals surface area contributed by atoms with Gasteiger partial charge < -0.3 is 10.1 Å². The molecule has 4 heteroatoms. The van der Waals surface area contributed by atoms with Crippen LogP contribution in [0.2, 0.25) is 0 Å². The number of amides is 1. The molecule has 0 aliphatic heterocycles. The lowest BCUT2D eigenvalue weighted by molar-refractivity contribution is -0.121. The highest BCUT2D eigenvalue weighted by Gasteiger charge is 2.09. The molecule has 0 saturated carbocycles. The molecule has 0 aliphatic carbocycles. The topological polar surface area (TPSA) is 38.3 Å². The van der Waals surface area contributed by atoms with Gasteiger partial charge in [0.25, 0.3) is 0 Å². The van der Waals surface area contributed by atoms with Gasteiger partial charge in [-0.2, -0.15) is 11.8 Å². The van der Waals surface area contributed by atoms with Crippen LogP contribution in [0.3, 0.4) is 0 Å². The molecule has 0 unspecified atom stereocenters. The van der Waals surface area contributed by atoms with Gasteiger partial charge in [-0.1, -0.05) is 42.5 Å². The van der Waals surface area contributed by atoms with Crippen molar-refractivity contribution in [3.8, 4) is 5.75 Å². The molecule has 0 aliphatic rings. The molecule has 0 radical (unpaired) electrons. The monoisotopic (exact) mass is 343 g/mol. The van der Waals surface area contributed by atoms with Crippen molar-refractivity contribution in [2.45, 2.75) is 32.1 Å². The van der Waals surface area contributed by atoms with Crippen molar-refractivity contribution < 1.29 is 9.53 Å². The summed E-state index contributed by atoms with van der Waals surface area (Å²) in [5, 5.41) is 3.05. The number of carbonyl (C=O) groups excluding carboxylic acids is 1. The highest BCUT2D eigenvalue weighted by molar-refractivity contribution is 7.98. The summed E-state index contributed by atoms with van der Waals surface area (Å²) >= 11 is 1.79. The third kappa shape index (κ3) is 6.28. The van der Waals surface area contributed by atoms with E-state index in [0.29, 0.717) is 13.0 Å². The molecule has 2 aromatic rings. The summed E-state index contributed by atoms with van der Waals surface area (Å²) in [4.78, 5) is 12.1. The lowest BCUT2D eigenvalue weighted by atomic mass is 10.1. The van der Waals surface area contributed by atoms with Crippen molar-refractivity contribution in [2.75, 3.05) is 12.4 Å². The summed E-state index contributed by atoms with van der Waals surface area (Å²) in [6.07, 6.45) is 0.541. The second kappa shape index (κ2) is 10.0. The van der Waals surface area contributed by atoms with Crippen molar-refractivity contribution >= 4 is 17.7 Å². The first-order valence-corrected chi connectivity index (χ1v) is 9.48. The Morgan fingerprint density at radius 2 is 1.83 bits per heavy atom. The van der Waals surface area contributed by atoms with Gasteiger partial charge in [0.05, 0.1) is 12.6 Å². The van der Waals surface area contributed by atoms with Crippen molar-refractivity contribution in [3.63, 3.8) is 0 Å². The zero-order valence-corrected chi connectivity index (χ0v) is 15.1. The molecule has 0 saturated heterocycles. The first-order valence-electron chi connectivity index (χ1n) is 8.33. The van der Waals surface area contributed by atoms with Gasteiger partial charge in [-0.25, -0.2) is 0 Å². The molecule has 0 heterocycles. The van der Waals surface area contributed by atoms with Gasteiger partial charge in [-0.3, -0.25) is 4.79 Å². The van der Waals surface area contributed by atoms with Crippen LogP contribution in [0.5, 0.6) is 5.75 Å². The maximum Gasteiger partial charge on any atom is 0.221 e. The average Bonchev–Trinajstić information content (AvgIpc) is 2.60. The van der Waals surface area contributed by atoms with Crippen LogP contribution in [-0.4, -0.2) is 18.3 Å². The van der Waals surface area contributed by atoms with Crippen molar-refractivity contribution in [2.24, 2.45) is 0 Å². The number of nitrogens with one attached hydrogen (secondary N) is 1. The highest BCUT2D eigenvalue weighted by Crippen LogP contribution is 2.18. The molecule has 128 valence electrons. The first-order chi connectivity index (χ1) is 11.7. The van der Waals surface area contributed by atoms with Gasteiger partial charge in [-0.05, 0) is 37.1 Å². The minimum absolute atomic E-state index is 0.00676. The maximum absolute atomic E-state index is 12.1. The summed E-state index contributed by atoms with van der Waals surface area (Å²) in [6, 6.07) is 18.2. The van der Waals surface area contributed by atoms with Crippen LogP contribution in [0.25, 0.3) is 0 Å². The van der Waals surface area contributed by atoms with E-state index in [4.69, 9.17) is 4.74 Å². The molecule has 0 bridgehead atoms. The summed E-state index contributed by atoms with van der Waals surface area (Å²) < 4.78 is 5.43. The van der Waals surface area contributed by atoms with E-state index in [-0.39, 0.29) is 11.9 Å². The normalized spacial score (nSPS) is 11.8. The zero-order valence-electron chi connectivity index (χ0n) is 14.3. The number of thioether (sulfide) groups is 1. The fourth-order valence-corrected chi connectivity index (χ4v) is 3.25. The van der Waals surface area contributed by atoms with Crippen LogP contribution in [0, 0.1) is 0 Å². The fraction of sp³-hybridized carbons (Fsp3) is 0.350. The average molecular weight is 343 g/mol. The Morgan fingerprint density at radius 3 is 2.50 bits per heavy atom. The Labute approximate surface area is 148 Å². The molecule has 0 aromatic heterocycles. The largest absolute Gasteiger partial charge is 0.494 e. The summed E-state index contributed by atoms with van der Waals surface area (Å²) in [5.41, 5.74) is 2.38. The molecule has 3 nitrogen and oxygen atoms in total. The Kier molecular flexibility index (Phi) is 7.69. The SMILES string of the molecule is CCOc1ccc([C@H](C)NC(=O)CCSCc2ccccc2)cc1. The second-order valence-electron chi connectivity index (χ2n) is 5.58. The van der Waals surface area contributed by atoms with Crippen LogP contribution in [0.1, 0.15) is 37.4 Å². The number of carbonyl (C=O) groups is 1. The first kappa shape index (κ1) is 18.4. The molecule has 1 N–H and O–H groups in total. The van der Waals surface area contributed by atoms with E-state index in [1.807, 2.05) is 56.3 Å². The molecule has 2 rings (SSSR count). The van der Waals surface area contributed by atoms with Crippen LogP contribution in [0.4, 0.5) is 0 Å². The number of rotatable bonds is 9. The molecule has 0 fully saturated rings. The maximum atomic E-state index is 12.1. The fourth-order valence-electron chi connectivity index (χ4n) is 2.35. The Morgan fingerprint density at radius 1 is 1.12 bits per heavy atom. The lowest BCUT2D eigenvalue weighted by Crippen LogP contribution is -2.26. The Balaban J connectivity index is 1.69. The minimum Gasteiger partial charge on any atom is -0.494 e. The van der Waals surface area contributed by atoms with E-state index < -0.39 is 0 Å². The van der Waals surface area contributed by atoms with Crippen LogP contribution >= 0.6 is 11.8 Å². The van der Waals surface area contributed by atoms with Gasteiger partial charge >= 0.3 is 0 Å². The predicted molar refractivity (Wildman–Crippen MR) is 101 cm³/mol. The third-order valence-corrected chi connectivity index (χ3v) is 4.68. The summed E-state index contributed by atoms with van der Waals surface area (Å²) in [6.45, 7) is 4.63. The molecule has 0 spiro atoms. The van der Waals surface area contributed by atoms with Crippen LogP contribution in [0.15, 0.2) is 54.6 Å². The van der Waals surface area contributed by atoms with E-state index in [2.05, 4.69) is 17.4 Å². The molecular formula is C20H25NO2S. The lowest BCUT2D eigenvalue weighted by Gasteiger charge is -2.15. The molecule has 2 aromatic carbocycles. The summed E-state index contributed by atoms with van der Waals surface area (Å²) in [7, 11) is 0. The third-order valence-electron chi connectivity index (χ3n) is 3.65. The number of hydrogen-bond donors (Lipinski definition) is 1. The van der Waals surface area contributed by atoms with Gasteiger partial charge in [0.2, 0.25) is 5.91 Å². The Hall–Kier alpha value is -1.94. The number of ether oxygens (including phenoxy) is 1. The smallest absolute Gasteiger partial charge is 0.221 e. The molecule has 1 amide bonds. The van der Waals surface area contributed by atoms with Crippen LogP contribution < -0.4 is 10.1 Å². The van der Waals surface area contributed by atoms with Gasteiger partial charge in [-0.15, -0.1) is 0 Å². The summed E-state index contributed by atoms with van der Waals surface area (Å²) in [5.74, 6) is 2.73. The Bertz CT molecular complexity index is 613. The van der Waals surface area contributed by atoms with E-state index in [9.17, 15) is 4.79 Å². The standard InChI is InChI=1S/C20H25NO2S/c1-3-23-19-11-9-18(10-12-19)16(2)21-20(22)13-14-24-15-17-7-5-4-6-8-17/h4-12,16H,3,13-15H2,1-2H3,(H,21,22)/t16-/m0/s1. The highest BCUT2D eigenvalue weighted by atomic mass is 32.2. The van der Waals surface area contributed by atoms with Crippen molar-refractivity contribution in [1.29, 1.82) is 0 Å². The van der Waals surface area contributed by atoms with E-state index in [1.165, 1.54) is 5.56 Å². The van der Waals surface area contributed by atoms with Crippen molar-refractivity contribution in [1.82, 2.24) is 5.32 Å². The molecular weight excluding hydrogens is 318 g/mol. The molecule has 24 heavy (non-hydrogen) atoms. The van der Waals surface area contributed by atoms with Crippen LogP contribution in [-0.2, 0) is 10.5 Å². The van der Waals surface area contributed by atoms with Crippen molar-refractivity contribution in [3.05, 3.63) is 65.7 Å². The number of benzene rings is 2. The van der Waals surface area contributed by atoms with Gasteiger partial charge in [0.1, 0.15) is 5.75 Å². The second-order valence-corrected chi connectivity index (χ2v) is 6.68. The molecule has 1 atom stereocenters. The predicted octanol–water partition coefficient (Wildman–Crippen LogP) is 4.59. The van der Waals surface area contributed by atoms with Gasteiger partial charge in [0.15, 0.2) is 0 Å². The van der Waals surface area contributed by atoms with Gasteiger partial charge in [0, 0.05) is 17.9 Å². The van der Waals surface area contributed by atoms with E-state index in [1.54, 1.807) is 11.8 Å².